The molecule has 0 saturated heterocycles. The number of esters is 1. The summed E-state index contributed by atoms with van der Waals surface area (Å²) in [7, 11) is 1.55. The molecule has 1 N–H and O–H groups in total. The Balaban J connectivity index is 1.95. The normalized spacial score (nSPS) is 15.0. The van der Waals surface area contributed by atoms with Gasteiger partial charge in [-0.3, -0.25) is 4.79 Å². The molecule has 2 heterocycles. The van der Waals surface area contributed by atoms with Gasteiger partial charge in [0.15, 0.2) is 0 Å². The lowest BCUT2D eigenvalue weighted by atomic mass is 9.85. The number of rotatable bonds is 5. The van der Waals surface area contributed by atoms with Crippen LogP contribution in [0.1, 0.15) is 46.2 Å². The summed E-state index contributed by atoms with van der Waals surface area (Å²) >= 11 is 1.22. The number of carbonyl (C=O) groups is 1. The number of methoxy groups -OCH3 is 1. The van der Waals surface area contributed by atoms with Crippen LogP contribution in [-0.2, 0) is 9.47 Å². The van der Waals surface area contributed by atoms with Crippen LogP contribution >= 0.6 is 11.3 Å². The summed E-state index contributed by atoms with van der Waals surface area (Å²) in [5.41, 5.74) is 0.466. The summed E-state index contributed by atoms with van der Waals surface area (Å²) < 4.78 is 9.99. The average molecular weight is 322 g/mol. The van der Waals surface area contributed by atoms with E-state index in [0.29, 0.717) is 33.2 Å². The van der Waals surface area contributed by atoms with Gasteiger partial charge in [-0.05, 0) is 25.3 Å². The lowest BCUT2D eigenvalue weighted by molar-refractivity contribution is 0.0393. The van der Waals surface area contributed by atoms with Gasteiger partial charge in [-0.1, -0.05) is 6.42 Å². The lowest BCUT2D eigenvalue weighted by Crippen LogP contribution is -2.18. The molecule has 1 aliphatic carbocycles. The molecular formula is C15H18N2O4S. The van der Waals surface area contributed by atoms with Crippen LogP contribution in [0.15, 0.2) is 4.79 Å². The van der Waals surface area contributed by atoms with Crippen molar-refractivity contribution in [3.8, 4) is 0 Å². The molecule has 0 spiro atoms. The van der Waals surface area contributed by atoms with Gasteiger partial charge in [-0.15, -0.1) is 11.3 Å². The van der Waals surface area contributed by atoms with E-state index in [0.717, 1.165) is 18.7 Å². The van der Waals surface area contributed by atoms with Crippen molar-refractivity contribution < 1.29 is 14.3 Å². The number of thiophene rings is 1. The Bertz CT molecular complexity index is 761. The van der Waals surface area contributed by atoms with Gasteiger partial charge < -0.3 is 14.5 Å². The fourth-order valence-electron chi connectivity index (χ4n) is 2.51. The van der Waals surface area contributed by atoms with E-state index in [-0.39, 0.29) is 12.2 Å². The Morgan fingerprint density at radius 1 is 1.41 bits per heavy atom. The molecule has 1 aliphatic rings. The van der Waals surface area contributed by atoms with Crippen molar-refractivity contribution in [3.63, 3.8) is 0 Å². The van der Waals surface area contributed by atoms with Crippen LogP contribution in [0.2, 0.25) is 0 Å². The van der Waals surface area contributed by atoms with Gasteiger partial charge in [0.25, 0.3) is 5.56 Å². The first-order valence-corrected chi connectivity index (χ1v) is 8.13. The third-order valence-corrected chi connectivity index (χ3v) is 5.18. The molecule has 1 fully saturated rings. The molecule has 0 atom stereocenters. The third-order valence-electron chi connectivity index (χ3n) is 4.02. The van der Waals surface area contributed by atoms with Crippen LogP contribution in [0, 0.1) is 6.92 Å². The second-order valence-electron chi connectivity index (χ2n) is 5.44. The predicted molar refractivity (Wildman–Crippen MR) is 83.7 cm³/mol. The Morgan fingerprint density at radius 2 is 2.18 bits per heavy atom. The minimum absolute atomic E-state index is 0.170. The molecule has 2 aromatic heterocycles. The Hall–Kier alpha value is -1.73. The fourth-order valence-corrected chi connectivity index (χ4v) is 3.60. The van der Waals surface area contributed by atoms with Gasteiger partial charge >= 0.3 is 5.97 Å². The van der Waals surface area contributed by atoms with Crippen molar-refractivity contribution in [1.82, 2.24) is 9.97 Å². The summed E-state index contributed by atoms with van der Waals surface area (Å²) in [6, 6.07) is 0. The second-order valence-corrected chi connectivity index (χ2v) is 6.44. The number of H-pyrrole nitrogens is 1. The summed E-state index contributed by atoms with van der Waals surface area (Å²) in [5, 5.41) is 0.492. The highest BCUT2D eigenvalue weighted by atomic mass is 32.1. The number of ether oxygens (including phenoxy) is 2. The molecule has 118 valence electrons. The molecule has 1 saturated carbocycles. The van der Waals surface area contributed by atoms with Crippen molar-refractivity contribution in [2.75, 3.05) is 20.3 Å². The standard InChI is InChI=1S/C15H18N2O4S/c1-8-10-13(18)16-12(9-4-3-5-9)17-14(10)22-11(8)15(19)21-7-6-20-2/h9H,3-7H2,1-2H3,(H,16,17,18). The van der Waals surface area contributed by atoms with Crippen LogP contribution in [-0.4, -0.2) is 36.3 Å². The summed E-state index contributed by atoms with van der Waals surface area (Å²) in [6.45, 7) is 2.30. The molecule has 6 nitrogen and oxygen atoms in total. The first kappa shape index (κ1) is 15.2. The summed E-state index contributed by atoms with van der Waals surface area (Å²) in [5.74, 6) is 0.656. The van der Waals surface area contributed by atoms with Crippen molar-refractivity contribution in [2.45, 2.75) is 32.1 Å². The van der Waals surface area contributed by atoms with Crippen molar-refractivity contribution in [1.29, 1.82) is 0 Å². The van der Waals surface area contributed by atoms with E-state index in [2.05, 4.69) is 9.97 Å². The maximum Gasteiger partial charge on any atom is 0.348 e. The number of aromatic nitrogens is 2. The highest BCUT2D eigenvalue weighted by Gasteiger charge is 2.25. The van der Waals surface area contributed by atoms with Crippen LogP contribution in [0.3, 0.4) is 0 Å². The van der Waals surface area contributed by atoms with Crippen molar-refractivity contribution in [2.24, 2.45) is 0 Å². The van der Waals surface area contributed by atoms with Gasteiger partial charge in [0.1, 0.15) is 22.1 Å². The van der Waals surface area contributed by atoms with E-state index < -0.39 is 5.97 Å². The zero-order valence-electron chi connectivity index (χ0n) is 12.6. The molecule has 0 bridgehead atoms. The molecule has 0 amide bonds. The maximum atomic E-state index is 12.3. The Morgan fingerprint density at radius 3 is 2.82 bits per heavy atom. The molecule has 22 heavy (non-hydrogen) atoms. The molecule has 0 aliphatic heterocycles. The van der Waals surface area contributed by atoms with E-state index in [1.54, 1.807) is 14.0 Å². The third kappa shape index (κ3) is 2.66. The summed E-state index contributed by atoms with van der Waals surface area (Å²) in [4.78, 5) is 32.9. The monoisotopic (exact) mass is 322 g/mol. The highest BCUT2D eigenvalue weighted by molar-refractivity contribution is 7.20. The molecular weight excluding hydrogens is 304 g/mol. The number of aryl methyl sites for hydroxylation is 1. The number of nitrogens with one attached hydrogen (secondary N) is 1. The Labute approximate surface area is 131 Å². The molecule has 7 heteroatoms. The molecule has 0 unspecified atom stereocenters. The van der Waals surface area contributed by atoms with E-state index in [1.807, 2.05) is 0 Å². The van der Waals surface area contributed by atoms with Crippen molar-refractivity contribution >= 4 is 27.5 Å². The maximum absolute atomic E-state index is 12.3. The minimum Gasteiger partial charge on any atom is -0.459 e. The molecule has 2 aromatic rings. The largest absolute Gasteiger partial charge is 0.459 e. The fraction of sp³-hybridized carbons (Fsp3) is 0.533. The highest BCUT2D eigenvalue weighted by Crippen LogP contribution is 2.35. The van der Waals surface area contributed by atoms with Gasteiger partial charge in [0, 0.05) is 13.0 Å². The zero-order valence-corrected chi connectivity index (χ0v) is 13.4. The van der Waals surface area contributed by atoms with Crippen LogP contribution in [0.25, 0.3) is 10.2 Å². The van der Waals surface area contributed by atoms with E-state index in [4.69, 9.17) is 9.47 Å². The number of aromatic amines is 1. The number of hydrogen-bond acceptors (Lipinski definition) is 6. The lowest BCUT2D eigenvalue weighted by Gasteiger charge is -2.23. The van der Waals surface area contributed by atoms with E-state index in [9.17, 15) is 9.59 Å². The predicted octanol–water partition coefficient (Wildman–Crippen LogP) is 2.36. The van der Waals surface area contributed by atoms with Gasteiger partial charge in [-0.25, -0.2) is 9.78 Å². The Kier molecular flexibility index (Phi) is 4.26. The summed E-state index contributed by atoms with van der Waals surface area (Å²) in [6.07, 6.45) is 3.29. The van der Waals surface area contributed by atoms with E-state index in [1.165, 1.54) is 17.8 Å². The van der Waals surface area contributed by atoms with Gasteiger partial charge in [0.05, 0.1) is 12.0 Å². The second kappa shape index (κ2) is 6.18. The van der Waals surface area contributed by atoms with Crippen LogP contribution in [0.5, 0.6) is 0 Å². The van der Waals surface area contributed by atoms with E-state index >= 15 is 0 Å². The van der Waals surface area contributed by atoms with Gasteiger partial charge in [0.2, 0.25) is 0 Å². The number of fused-ring (bicyclic) bond motifs is 1. The van der Waals surface area contributed by atoms with Crippen LogP contribution < -0.4 is 5.56 Å². The zero-order chi connectivity index (χ0) is 15.7. The van der Waals surface area contributed by atoms with Gasteiger partial charge in [-0.2, -0.15) is 0 Å². The average Bonchev–Trinajstić information content (AvgIpc) is 2.74. The quantitative estimate of drug-likeness (QED) is 0.675. The number of carbonyl (C=O) groups excluding carboxylic acids is 1. The number of hydrogen-bond donors (Lipinski definition) is 1. The van der Waals surface area contributed by atoms with Crippen LogP contribution in [0.4, 0.5) is 0 Å². The van der Waals surface area contributed by atoms with Crippen molar-refractivity contribution in [3.05, 3.63) is 26.6 Å². The molecule has 0 radical (unpaired) electrons. The number of nitrogens with zero attached hydrogens (tertiary/aromatic N) is 1. The smallest absolute Gasteiger partial charge is 0.348 e. The minimum atomic E-state index is -0.429. The SMILES string of the molecule is COCCOC(=O)c1sc2nc(C3CCC3)[nH]c(=O)c2c1C. The molecule has 0 aromatic carbocycles. The molecule has 3 rings (SSSR count). The first-order valence-electron chi connectivity index (χ1n) is 7.31. The topological polar surface area (TPSA) is 81.3 Å². The first-order chi connectivity index (χ1) is 10.6.